The van der Waals surface area contributed by atoms with Crippen LogP contribution < -0.4 is 0 Å². The number of thiol groups is 1. The summed E-state index contributed by atoms with van der Waals surface area (Å²) in [4.78, 5) is 0. The van der Waals surface area contributed by atoms with Crippen molar-refractivity contribution in [3.63, 3.8) is 0 Å². The predicted molar refractivity (Wildman–Crippen MR) is 23.8 cm³/mol. The zero-order chi connectivity index (χ0) is 4.28. The molecule has 0 saturated carbocycles. The summed E-state index contributed by atoms with van der Waals surface area (Å²) in [6.45, 7) is 0. The molecule has 0 aromatic heterocycles. The van der Waals surface area contributed by atoms with Gasteiger partial charge in [0.2, 0.25) is 0 Å². The smallest absolute Gasteiger partial charge is 0.354 e. The summed E-state index contributed by atoms with van der Waals surface area (Å²) in [6.07, 6.45) is 0. The Morgan fingerprint density at radius 2 is 2.20 bits per heavy atom. The topological polar surface area (TPSA) is 9.23 Å². The van der Waals surface area contributed by atoms with Crippen molar-refractivity contribution in [3.8, 4) is 0 Å². The van der Waals surface area contributed by atoms with E-state index in [0.29, 0.717) is 0 Å². The average Bonchev–Trinajstić information content (AvgIpc) is 1.38. The molecule has 0 aliphatic carbocycles. The van der Waals surface area contributed by atoms with E-state index in [1.54, 1.807) is 0 Å². The summed E-state index contributed by atoms with van der Waals surface area (Å²) in [5, 5.41) is -1.05. The molecule has 0 spiro atoms. The molecule has 0 rings (SSSR count). The van der Waals surface area contributed by atoms with Gasteiger partial charge in [-0.05, 0) is 12.2 Å². The Morgan fingerprint density at radius 1 is 2.00 bits per heavy atom. The molecule has 0 aromatic carbocycles. The minimum absolute atomic E-state index is 1.05. The largest absolute Gasteiger partial charge is 0.391 e. The van der Waals surface area contributed by atoms with Gasteiger partial charge in [0.15, 0.2) is 0 Å². The standard InChI is InChI=1S/CHFOS2/c2-1(4)3-5/h5H. The number of thiocarbonyl (C=S) groups is 1. The number of halogens is 1. The molecule has 0 N–H and O–H groups in total. The Morgan fingerprint density at radius 3 is 2.20 bits per heavy atom. The molecule has 0 radical (unpaired) electrons. The van der Waals surface area contributed by atoms with E-state index in [2.05, 4.69) is 29.3 Å². The van der Waals surface area contributed by atoms with Crippen LogP contribution in [-0.2, 0) is 4.18 Å². The molecule has 0 bridgehead atoms. The Labute approximate surface area is 39.7 Å². The van der Waals surface area contributed by atoms with Crippen LogP contribution in [0.2, 0.25) is 0 Å². The normalized spacial score (nSPS) is 6.80. The van der Waals surface area contributed by atoms with E-state index in [0.717, 1.165) is 0 Å². The third-order valence-electron chi connectivity index (χ3n) is 0.0718. The number of hydrogen-bond donors (Lipinski definition) is 1. The Hall–Kier alpha value is 0.170. The molecule has 0 aliphatic heterocycles. The summed E-state index contributed by atoms with van der Waals surface area (Å²) in [5.74, 6) is 0. The fourth-order valence-corrected chi connectivity index (χ4v) is 0. The molecule has 0 fully saturated rings. The van der Waals surface area contributed by atoms with Gasteiger partial charge in [-0.25, -0.2) is 0 Å². The van der Waals surface area contributed by atoms with Gasteiger partial charge in [-0.2, -0.15) is 4.39 Å². The summed E-state index contributed by atoms with van der Waals surface area (Å²) in [6, 6.07) is 0. The summed E-state index contributed by atoms with van der Waals surface area (Å²) in [5.41, 5.74) is 0. The maximum Gasteiger partial charge on any atom is 0.354 e. The van der Waals surface area contributed by atoms with Gasteiger partial charge in [-0.1, -0.05) is 0 Å². The van der Waals surface area contributed by atoms with Crippen LogP contribution in [0.4, 0.5) is 4.39 Å². The fourth-order valence-electron chi connectivity index (χ4n) is 0. The average molecular weight is 112 g/mol. The van der Waals surface area contributed by atoms with Crippen molar-refractivity contribution < 1.29 is 8.57 Å². The van der Waals surface area contributed by atoms with Gasteiger partial charge in [-0.3, -0.25) is 0 Å². The minimum atomic E-state index is -1.05. The summed E-state index contributed by atoms with van der Waals surface area (Å²) < 4.78 is 14.4. The van der Waals surface area contributed by atoms with Gasteiger partial charge in [0.1, 0.15) is 0 Å². The number of hydrogen-bond acceptors (Lipinski definition) is 3. The van der Waals surface area contributed by atoms with E-state index < -0.39 is 5.30 Å². The highest BCUT2D eigenvalue weighted by atomic mass is 32.1. The first-order valence-electron chi connectivity index (χ1n) is 0.780. The molecular formula is CHFOS2. The van der Waals surface area contributed by atoms with Crippen molar-refractivity contribution in [1.82, 2.24) is 0 Å². The molecule has 4 heteroatoms. The van der Waals surface area contributed by atoms with Gasteiger partial charge >= 0.3 is 5.30 Å². The molecule has 1 nitrogen and oxygen atoms in total. The lowest BCUT2D eigenvalue weighted by Crippen LogP contribution is -1.74. The third-order valence-corrected chi connectivity index (χ3v) is 0.439. The van der Waals surface area contributed by atoms with E-state index in [1.807, 2.05) is 0 Å². The third kappa shape index (κ3) is 4.17. The Bertz CT molecular complexity index is 44.9. The highest BCUT2D eigenvalue weighted by molar-refractivity contribution is 7.82. The molecule has 0 heterocycles. The SMILES string of the molecule is FC(=S)OS. The lowest BCUT2D eigenvalue weighted by Gasteiger charge is -1.77. The van der Waals surface area contributed by atoms with Crippen LogP contribution in [0.5, 0.6) is 0 Å². The van der Waals surface area contributed by atoms with Crippen LogP contribution in [0.25, 0.3) is 0 Å². The molecule has 0 unspecified atom stereocenters. The Kier molecular flexibility index (Phi) is 2.49. The van der Waals surface area contributed by atoms with Gasteiger partial charge in [0, 0.05) is 12.9 Å². The van der Waals surface area contributed by atoms with Crippen LogP contribution >= 0.6 is 25.1 Å². The van der Waals surface area contributed by atoms with Crippen LogP contribution in [0.1, 0.15) is 0 Å². The van der Waals surface area contributed by atoms with Crippen LogP contribution in [0.15, 0.2) is 0 Å². The lowest BCUT2D eigenvalue weighted by molar-refractivity contribution is 0.555. The van der Waals surface area contributed by atoms with E-state index in [-0.39, 0.29) is 0 Å². The molecule has 30 valence electrons. The van der Waals surface area contributed by atoms with E-state index in [4.69, 9.17) is 0 Å². The quantitative estimate of drug-likeness (QED) is 0.217. The van der Waals surface area contributed by atoms with Crippen molar-refractivity contribution in [1.29, 1.82) is 0 Å². The van der Waals surface area contributed by atoms with E-state index in [9.17, 15) is 4.39 Å². The van der Waals surface area contributed by atoms with Crippen LogP contribution in [-0.4, -0.2) is 5.30 Å². The number of rotatable bonds is 0. The molecule has 0 atom stereocenters. The van der Waals surface area contributed by atoms with Crippen molar-refractivity contribution in [2.45, 2.75) is 0 Å². The molecule has 0 aliphatic rings. The summed E-state index contributed by atoms with van der Waals surface area (Å²) in [7, 11) is 0. The minimum Gasteiger partial charge on any atom is -0.391 e. The first kappa shape index (κ1) is 5.17. The molecule has 0 saturated heterocycles. The summed E-state index contributed by atoms with van der Waals surface area (Å²) >= 11 is 6.73. The second kappa shape index (κ2) is 2.41. The van der Waals surface area contributed by atoms with Crippen molar-refractivity contribution in [2.24, 2.45) is 0 Å². The van der Waals surface area contributed by atoms with Crippen LogP contribution in [0.3, 0.4) is 0 Å². The fraction of sp³-hybridized carbons (Fsp3) is 0. The van der Waals surface area contributed by atoms with Gasteiger partial charge in [-0.15, -0.1) is 0 Å². The van der Waals surface area contributed by atoms with Gasteiger partial charge in [0.25, 0.3) is 0 Å². The zero-order valence-corrected chi connectivity index (χ0v) is 3.85. The first-order chi connectivity index (χ1) is 2.27. The van der Waals surface area contributed by atoms with E-state index in [1.165, 1.54) is 0 Å². The monoisotopic (exact) mass is 112 g/mol. The molecule has 0 amide bonds. The highest BCUT2D eigenvalue weighted by Gasteiger charge is 1.78. The zero-order valence-electron chi connectivity index (χ0n) is 2.14. The van der Waals surface area contributed by atoms with Crippen molar-refractivity contribution in [3.05, 3.63) is 0 Å². The Balaban J connectivity index is 2.85. The maximum atomic E-state index is 10.9. The van der Waals surface area contributed by atoms with Crippen molar-refractivity contribution in [2.75, 3.05) is 0 Å². The second-order valence-electron chi connectivity index (χ2n) is 0.329. The lowest BCUT2D eigenvalue weighted by atomic mass is 11.6. The molecular weight excluding hydrogens is 111 g/mol. The first-order valence-corrected chi connectivity index (χ1v) is 1.55. The second-order valence-corrected chi connectivity index (χ2v) is 0.832. The predicted octanol–water partition coefficient (Wildman–Crippen LogP) is 1.10. The highest BCUT2D eigenvalue weighted by Crippen LogP contribution is 1.82. The van der Waals surface area contributed by atoms with E-state index >= 15 is 0 Å². The molecule has 5 heavy (non-hydrogen) atoms. The maximum absolute atomic E-state index is 10.9. The van der Waals surface area contributed by atoms with Crippen LogP contribution in [0, 0.1) is 0 Å². The van der Waals surface area contributed by atoms with Crippen molar-refractivity contribution >= 4 is 30.4 Å². The van der Waals surface area contributed by atoms with Gasteiger partial charge in [0.05, 0.1) is 0 Å². The molecule has 0 aromatic rings. The van der Waals surface area contributed by atoms with Gasteiger partial charge < -0.3 is 4.18 Å².